The van der Waals surface area contributed by atoms with E-state index in [-0.39, 0.29) is 0 Å². The molecule has 0 radical (unpaired) electrons. The molecule has 2 rings (SSSR count). The monoisotopic (exact) mass is 298 g/mol. The quantitative estimate of drug-likeness (QED) is 0.915. The van der Waals surface area contributed by atoms with Crippen LogP contribution in [0.15, 0.2) is 41.1 Å². The van der Waals surface area contributed by atoms with Crippen LogP contribution in [0.25, 0.3) is 0 Å². The van der Waals surface area contributed by atoms with Crippen LogP contribution in [-0.4, -0.2) is 4.98 Å². The highest BCUT2D eigenvalue weighted by molar-refractivity contribution is 9.10. The number of benzene rings is 1. The lowest BCUT2D eigenvalue weighted by Gasteiger charge is -2.09. The Labute approximate surface area is 106 Å². The molecule has 0 atom stereocenters. The fourth-order valence-electron chi connectivity index (χ4n) is 1.16. The minimum absolute atomic E-state index is 0.471. The van der Waals surface area contributed by atoms with Crippen LogP contribution >= 0.6 is 27.5 Å². The van der Waals surface area contributed by atoms with Gasteiger partial charge in [0.2, 0.25) is 0 Å². The summed E-state index contributed by atoms with van der Waals surface area (Å²) < 4.78 is 6.48. The smallest absolute Gasteiger partial charge is 0.153 e. The number of nitrogens with zero attached hydrogens (tertiary/aromatic N) is 1. The van der Waals surface area contributed by atoms with Gasteiger partial charge in [0.05, 0.1) is 16.9 Å². The van der Waals surface area contributed by atoms with E-state index in [1.165, 1.54) is 6.20 Å². The summed E-state index contributed by atoms with van der Waals surface area (Å²) in [6.45, 7) is 0. The topological polar surface area (TPSA) is 48.1 Å². The average Bonchev–Trinajstić information content (AvgIpc) is 2.27. The molecule has 0 amide bonds. The van der Waals surface area contributed by atoms with Crippen molar-refractivity contribution in [1.82, 2.24) is 4.98 Å². The summed E-state index contributed by atoms with van der Waals surface area (Å²) in [4.78, 5) is 3.88. The number of pyridine rings is 1. The van der Waals surface area contributed by atoms with Crippen molar-refractivity contribution in [3.05, 3.63) is 46.2 Å². The molecule has 16 heavy (non-hydrogen) atoms. The van der Waals surface area contributed by atoms with Gasteiger partial charge in [-0.15, -0.1) is 0 Å². The molecule has 0 aliphatic heterocycles. The first-order valence-electron chi connectivity index (χ1n) is 4.49. The molecule has 1 aromatic heterocycles. The molecule has 0 saturated heterocycles. The third-order valence-electron chi connectivity index (χ3n) is 1.92. The van der Waals surface area contributed by atoms with Crippen LogP contribution in [0.3, 0.4) is 0 Å². The maximum atomic E-state index is 6.00. The van der Waals surface area contributed by atoms with Crippen molar-refractivity contribution in [3.63, 3.8) is 0 Å². The first kappa shape index (κ1) is 11.2. The summed E-state index contributed by atoms with van der Waals surface area (Å²) in [5, 5.41) is 0.527. The Hall–Kier alpha value is -1.26. The molecule has 1 heterocycles. The predicted octanol–water partition coefficient (Wildman–Crippen LogP) is 3.87. The van der Waals surface area contributed by atoms with Crippen molar-refractivity contribution in [2.75, 3.05) is 5.73 Å². The maximum Gasteiger partial charge on any atom is 0.153 e. The highest BCUT2D eigenvalue weighted by atomic mass is 79.9. The highest BCUT2D eigenvalue weighted by Gasteiger charge is 2.06. The van der Waals surface area contributed by atoms with Gasteiger partial charge in [0.1, 0.15) is 5.75 Å². The number of halogens is 2. The zero-order chi connectivity index (χ0) is 11.5. The van der Waals surface area contributed by atoms with E-state index in [1.54, 1.807) is 24.4 Å². The normalized spacial score (nSPS) is 10.1. The van der Waals surface area contributed by atoms with E-state index < -0.39 is 0 Å². The third-order valence-corrected chi connectivity index (χ3v) is 2.73. The highest BCUT2D eigenvalue weighted by Crippen LogP contribution is 2.33. The Morgan fingerprint density at radius 1 is 1.25 bits per heavy atom. The van der Waals surface area contributed by atoms with Gasteiger partial charge in [0.25, 0.3) is 0 Å². The Balaban J connectivity index is 2.34. The number of nitrogens with two attached hydrogens (primary N) is 1. The minimum Gasteiger partial charge on any atom is -0.453 e. The molecule has 3 nitrogen and oxygen atoms in total. The number of anilines is 1. The second-order valence-electron chi connectivity index (χ2n) is 3.09. The van der Waals surface area contributed by atoms with Gasteiger partial charge in [-0.05, 0) is 18.2 Å². The molecule has 0 unspecified atom stereocenters. The van der Waals surface area contributed by atoms with Gasteiger partial charge in [-0.1, -0.05) is 27.5 Å². The van der Waals surface area contributed by atoms with E-state index >= 15 is 0 Å². The lowest BCUT2D eigenvalue weighted by Crippen LogP contribution is -1.93. The van der Waals surface area contributed by atoms with Crippen LogP contribution in [0, 0.1) is 0 Å². The van der Waals surface area contributed by atoms with Gasteiger partial charge in [-0.2, -0.15) is 0 Å². The second kappa shape index (κ2) is 4.72. The van der Waals surface area contributed by atoms with Gasteiger partial charge < -0.3 is 10.5 Å². The fraction of sp³-hybridized carbons (Fsp3) is 0. The largest absolute Gasteiger partial charge is 0.453 e. The van der Waals surface area contributed by atoms with E-state index in [4.69, 9.17) is 22.1 Å². The Morgan fingerprint density at radius 3 is 2.81 bits per heavy atom. The number of nitrogen functional groups attached to an aromatic ring is 1. The van der Waals surface area contributed by atoms with Gasteiger partial charge >= 0.3 is 0 Å². The summed E-state index contributed by atoms with van der Waals surface area (Å²) in [5.74, 6) is 1.09. The maximum absolute atomic E-state index is 6.00. The molecular weight excluding hydrogens is 291 g/mol. The summed E-state index contributed by atoms with van der Waals surface area (Å²) in [7, 11) is 0. The average molecular weight is 300 g/mol. The SMILES string of the molecule is Nc1cnccc1Oc1cc(Br)ccc1Cl. The predicted molar refractivity (Wildman–Crippen MR) is 67.9 cm³/mol. The van der Waals surface area contributed by atoms with E-state index in [0.717, 1.165) is 4.47 Å². The van der Waals surface area contributed by atoms with Crippen LogP contribution in [0.5, 0.6) is 11.5 Å². The molecule has 0 bridgehead atoms. The first-order chi connectivity index (χ1) is 7.66. The van der Waals surface area contributed by atoms with Crippen molar-refractivity contribution in [2.24, 2.45) is 0 Å². The third kappa shape index (κ3) is 2.46. The Morgan fingerprint density at radius 2 is 2.06 bits per heavy atom. The molecule has 0 spiro atoms. The summed E-state index contributed by atoms with van der Waals surface area (Å²) in [6, 6.07) is 7.05. The van der Waals surface area contributed by atoms with Crippen LogP contribution in [0.1, 0.15) is 0 Å². The van der Waals surface area contributed by atoms with E-state index in [2.05, 4.69) is 20.9 Å². The Kier molecular flexibility index (Phi) is 3.31. The lowest BCUT2D eigenvalue weighted by atomic mass is 10.3. The minimum atomic E-state index is 0.471. The van der Waals surface area contributed by atoms with Gasteiger partial charge in [-0.25, -0.2) is 0 Å². The van der Waals surface area contributed by atoms with Crippen LogP contribution in [0.2, 0.25) is 5.02 Å². The van der Waals surface area contributed by atoms with Crippen LogP contribution < -0.4 is 10.5 Å². The van der Waals surface area contributed by atoms with Crippen molar-refractivity contribution >= 4 is 33.2 Å². The van der Waals surface area contributed by atoms with Crippen molar-refractivity contribution in [1.29, 1.82) is 0 Å². The van der Waals surface area contributed by atoms with Crippen LogP contribution in [0.4, 0.5) is 5.69 Å². The number of ether oxygens (including phenoxy) is 1. The van der Waals surface area contributed by atoms with Crippen molar-refractivity contribution in [3.8, 4) is 11.5 Å². The first-order valence-corrected chi connectivity index (χ1v) is 5.66. The molecule has 0 aliphatic carbocycles. The molecule has 2 N–H and O–H groups in total. The number of hydrogen-bond acceptors (Lipinski definition) is 3. The molecule has 0 fully saturated rings. The molecule has 0 aliphatic rings. The molecule has 5 heteroatoms. The number of hydrogen-bond donors (Lipinski definition) is 1. The van der Waals surface area contributed by atoms with E-state index in [1.807, 2.05) is 6.07 Å². The van der Waals surface area contributed by atoms with Crippen LogP contribution in [-0.2, 0) is 0 Å². The molecule has 0 saturated carbocycles. The lowest BCUT2D eigenvalue weighted by molar-refractivity contribution is 0.484. The molecule has 1 aromatic carbocycles. The van der Waals surface area contributed by atoms with Gasteiger partial charge in [0.15, 0.2) is 5.75 Å². The van der Waals surface area contributed by atoms with Gasteiger partial charge in [0, 0.05) is 16.7 Å². The fourth-order valence-corrected chi connectivity index (χ4v) is 1.66. The molecular formula is C11H8BrClN2O. The second-order valence-corrected chi connectivity index (χ2v) is 4.41. The standard InChI is InChI=1S/C11H8BrClN2O/c12-7-1-2-8(13)11(5-7)16-10-3-4-15-6-9(10)14/h1-6H,14H2. The zero-order valence-corrected chi connectivity index (χ0v) is 10.5. The molecule has 2 aromatic rings. The summed E-state index contributed by atoms with van der Waals surface area (Å²) in [5.41, 5.74) is 6.19. The summed E-state index contributed by atoms with van der Waals surface area (Å²) in [6.07, 6.45) is 3.14. The van der Waals surface area contributed by atoms with Gasteiger partial charge in [-0.3, -0.25) is 4.98 Å². The van der Waals surface area contributed by atoms with Crippen molar-refractivity contribution in [2.45, 2.75) is 0 Å². The van der Waals surface area contributed by atoms with Crippen molar-refractivity contribution < 1.29 is 4.74 Å². The zero-order valence-electron chi connectivity index (χ0n) is 8.15. The number of rotatable bonds is 2. The number of aromatic nitrogens is 1. The summed E-state index contributed by atoms with van der Waals surface area (Å²) >= 11 is 9.34. The molecule has 82 valence electrons. The Bertz CT molecular complexity index is 519. The van der Waals surface area contributed by atoms with E-state index in [0.29, 0.717) is 22.2 Å². The van der Waals surface area contributed by atoms with E-state index in [9.17, 15) is 0 Å².